The van der Waals surface area contributed by atoms with E-state index in [1.807, 2.05) is 20.8 Å². The Kier molecular flexibility index (Phi) is 4.04. The summed E-state index contributed by atoms with van der Waals surface area (Å²) in [5, 5.41) is 5.52. The molecule has 1 amide bonds. The molecule has 0 aliphatic rings. The van der Waals surface area contributed by atoms with Crippen molar-refractivity contribution in [3.8, 4) is 0 Å². The standard InChI is InChI=1S/C12H18FN3O/c1-12(2,3)7-16-11(17)9-5-8(13)6-15-10(9)14-4/h5-6H,7H2,1-4H3,(H,14,15)(H,16,17). The minimum absolute atomic E-state index is 0.0176. The van der Waals surface area contributed by atoms with E-state index >= 15 is 0 Å². The molecule has 0 aliphatic heterocycles. The monoisotopic (exact) mass is 239 g/mol. The first-order chi connectivity index (χ1) is 7.83. The number of aromatic nitrogens is 1. The number of carbonyl (C=O) groups excluding carboxylic acids is 1. The van der Waals surface area contributed by atoms with Crippen molar-refractivity contribution in [2.75, 3.05) is 18.9 Å². The molecule has 0 radical (unpaired) electrons. The highest BCUT2D eigenvalue weighted by Crippen LogP contribution is 2.14. The number of carbonyl (C=O) groups is 1. The minimum atomic E-state index is -0.523. The number of halogens is 1. The van der Waals surface area contributed by atoms with E-state index in [-0.39, 0.29) is 16.9 Å². The molecule has 0 saturated carbocycles. The molecule has 1 aromatic heterocycles. The van der Waals surface area contributed by atoms with Gasteiger partial charge in [0.25, 0.3) is 5.91 Å². The third-order valence-corrected chi connectivity index (χ3v) is 2.12. The molecule has 0 atom stereocenters. The van der Waals surface area contributed by atoms with Gasteiger partial charge in [-0.15, -0.1) is 0 Å². The smallest absolute Gasteiger partial charge is 0.255 e. The molecule has 0 spiro atoms. The molecule has 94 valence electrons. The third kappa shape index (κ3) is 4.01. The van der Waals surface area contributed by atoms with Gasteiger partial charge in [0.1, 0.15) is 11.6 Å². The number of pyridine rings is 1. The second-order valence-electron chi connectivity index (χ2n) is 5.04. The van der Waals surface area contributed by atoms with Crippen molar-refractivity contribution in [3.05, 3.63) is 23.6 Å². The quantitative estimate of drug-likeness (QED) is 0.848. The van der Waals surface area contributed by atoms with E-state index in [1.165, 1.54) is 6.07 Å². The maximum absolute atomic E-state index is 13.0. The first-order valence-electron chi connectivity index (χ1n) is 5.45. The molecule has 0 aliphatic carbocycles. The summed E-state index contributed by atoms with van der Waals surface area (Å²) in [4.78, 5) is 15.7. The van der Waals surface area contributed by atoms with Crippen molar-refractivity contribution in [1.29, 1.82) is 0 Å². The number of hydrogen-bond donors (Lipinski definition) is 2. The summed E-state index contributed by atoms with van der Waals surface area (Å²) < 4.78 is 13.0. The first-order valence-corrected chi connectivity index (χ1v) is 5.45. The normalized spacial score (nSPS) is 11.1. The largest absolute Gasteiger partial charge is 0.372 e. The van der Waals surface area contributed by atoms with Crippen LogP contribution in [0.1, 0.15) is 31.1 Å². The van der Waals surface area contributed by atoms with Gasteiger partial charge in [0.2, 0.25) is 0 Å². The van der Waals surface area contributed by atoms with E-state index in [0.717, 1.165) is 6.20 Å². The lowest BCUT2D eigenvalue weighted by molar-refractivity contribution is 0.0939. The fourth-order valence-corrected chi connectivity index (χ4v) is 1.25. The van der Waals surface area contributed by atoms with Gasteiger partial charge < -0.3 is 10.6 Å². The van der Waals surface area contributed by atoms with Gasteiger partial charge in [0.05, 0.1) is 11.8 Å². The Hall–Kier alpha value is -1.65. The second kappa shape index (κ2) is 5.12. The predicted octanol–water partition coefficient (Wildman–Crippen LogP) is 2.04. The van der Waals surface area contributed by atoms with Crippen LogP contribution in [0.2, 0.25) is 0 Å². The molecule has 1 rings (SSSR count). The lowest BCUT2D eigenvalue weighted by Crippen LogP contribution is -2.32. The van der Waals surface area contributed by atoms with Crippen LogP contribution in [0.3, 0.4) is 0 Å². The molecule has 5 heteroatoms. The van der Waals surface area contributed by atoms with Crippen LogP contribution in [-0.2, 0) is 0 Å². The molecule has 0 fully saturated rings. The van der Waals surface area contributed by atoms with E-state index < -0.39 is 5.82 Å². The zero-order chi connectivity index (χ0) is 13.1. The van der Waals surface area contributed by atoms with Gasteiger partial charge in [-0.2, -0.15) is 0 Å². The predicted molar refractivity (Wildman–Crippen MR) is 65.5 cm³/mol. The van der Waals surface area contributed by atoms with E-state index in [1.54, 1.807) is 7.05 Å². The molecule has 17 heavy (non-hydrogen) atoms. The number of anilines is 1. The SMILES string of the molecule is CNc1ncc(F)cc1C(=O)NCC(C)(C)C. The molecular formula is C12H18FN3O. The van der Waals surface area contributed by atoms with E-state index in [9.17, 15) is 9.18 Å². The number of nitrogens with one attached hydrogen (secondary N) is 2. The molecule has 1 heterocycles. The van der Waals surface area contributed by atoms with Crippen LogP contribution in [-0.4, -0.2) is 24.5 Å². The first kappa shape index (κ1) is 13.4. The Bertz CT molecular complexity index is 413. The summed E-state index contributed by atoms with van der Waals surface area (Å²) in [5.41, 5.74) is 0.202. The summed E-state index contributed by atoms with van der Waals surface area (Å²) >= 11 is 0. The lowest BCUT2D eigenvalue weighted by Gasteiger charge is -2.19. The Labute approximate surface area is 101 Å². The van der Waals surface area contributed by atoms with Crippen LogP contribution < -0.4 is 10.6 Å². The topological polar surface area (TPSA) is 54.0 Å². The average molecular weight is 239 g/mol. The summed E-state index contributed by atoms with van der Waals surface area (Å²) in [6, 6.07) is 1.18. The van der Waals surface area contributed by atoms with E-state index in [2.05, 4.69) is 15.6 Å². The molecular weight excluding hydrogens is 221 g/mol. The highest BCUT2D eigenvalue weighted by Gasteiger charge is 2.16. The van der Waals surface area contributed by atoms with Gasteiger partial charge in [-0.3, -0.25) is 4.79 Å². The van der Waals surface area contributed by atoms with Crippen molar-refractivity contribution in [3.63, 3.8) is 0 Å². The van der Waals surface area contributed by atoms with Gasteiger partial charge in [0, 0.05) is 13.6 Å². The van der Waals surface area contributed by atoms with Crippen LogP contribution in [0, 0.1) is 11.2 Å². The molecule has 0 unspecified atom stereocenters. The number of amides is 1. The lowest BCUT2D eigenvalue weighted by atomic mass is 9.97. The highest BCUT2D eigenvalue weighted by atomic mass is 19.1. The van der Waals surface area contributed by atoms with Crippen molar-refractivity contribution in [2.45, 2.75) is 20.8 Å². The van der Waals surface area contributed by atoms with Gasteiger partial charge in [-0.25, -0.2) is 9.37 Å². The molecule has 0 bridgehead atoms. The Morgan fingerprint density at radius 2 is 2.12 bits per heavy atom. The van der Waals surface area contributed by atoms with Crippen LogP contribution in [0.25, 0.3) is 0 Å². The zero-order valence-corrected chi connectivity index (χ0v) is 10.6. The fraction of sp³-hybridized carbons (Fsp3) is 0.500. The molecule has 1 aromatic rings. The summed E-state index contributed by atoms with van der Waals surface area (Å²) in [6.45, 7) is 6.55. The van der Waals surface area contributed by atoms with Crippen molar-refractivity contribution in [1.82, 2.24) is 10.3 Å². The molecule has 4 nitrogen and oxygen atoms in total. The Morgan fingerprint density at radius 3 is 2.65 bits per heavy atom. The van der Waals surface area contributed by atoms with Crippen molar-refractivity contribution >= 4 is 11.7 Å². The molecule has 2 N–H and O–H groups in total. The summed E-state index contributed by atoms with van der Waals surface area (Å²) in [7, 11) is 1.64. The number of rotatable bonds is 3. The van der Waals surface area contributed by atoms with E-state index in [0.29, 0.717) is 12.4 Å². The van der Waals surface area contributed by atoms with E-state index in [4.69, 9.17) is 0 Å². The van der Waals surface area contributed by atoms with Crippen molar-refractivity contribution in [2.24, 2.45) is 5.41 Å². The maximum atomic E-state index is 13.0. The van der Waals surface area contributed by atoms with Gasteiger partial charge in [-0.05, 0) is 11.5 Å². The van der Waals surface area contributed by atoms with Crippen LogP contribution in [0.4, 0.5) is 10.2 Å². The number of nitrogens with zero attached hydrogens (tertiary/aromatic N) is 1. The third-order valence-electron chi connectivity index (χ3n) is 2.12. The second-order valence-corrected chi connectivity index (χ2v) is 5.04. The highest BCUT2D eigenvalue weighted by molar-refractivity contribution is 5.98. The minimum Gasteiger partial charge on any atom is -0.372 e. The van der Waals surface area contributed by atoms with Crippen LogP contribution >= 0.6 is 0 Å². The van der Waals surface area contributed by atoms with Crippen molar-refractivity contribution < 1.29 is 9.18 Å². The Balaban J connectivity index is 2.84. The molecule has 0 saturated heterocycles. The van der Waals surface area contributed by atoms with Gasteiger partial charge in [-0.1, -0.05) is 20.8 Å². The Morgan fingerprint density at radius 1 is 1.47 bits per heavy atom. The van der Waals surface area contributed by atoms with Crippen LogP contribution in [0.5, 0.6) is 0 Å². The fourth-order valence-electron chi connectivity index (χ4n) is 1.25. The maximum Gasteiger partial charge on any atom is 0.255 e. The van der Waals surface area contributed by atoms with Crippen LogP contribution in [0.15, 0.2) is 12.3 Å². The zero-order valence-electron chi connectivity index (χ0n) is 10.6. The summed E-state index contributed by atoms with van der Waals surface area (Å²) in [6.07, 6.45) is 1.08. The number of hydrogen-bond acceptors (Lipinski definition) is 3. The van der Waals surface area contributed by atoms with Gasteiger partial charge in [0.15, 0.2) is 0 Å². The average Bonchev–Trinajstić information content (AvgIpc) is 2.25. The van der Waals surface area contributed by atoms with Gasteiger partial charge >= 0.3 is 0 Å². The summed E-state index contributed by atoms with van der Waals surface area (Å²) in [5.74, 6) is -0.473. The molecule has 0 aromatic carbocycles.